The molecule has 67 heavy (non-hydrogen) atoms. The summed E-state index contributed by atoms with van der Waals surface area (Å²) in [7, 11) is 0. The molecule has 0 saturated heterocycles. The summed E-state index contributed by atoms with van der Waals surface area (Å²) in [6.07, 6.45) is -1.06. The summed E-state index contributed by atoms with van der Waals surface area (Å²) in [4.78, 5) is 107. The van der Waals surface area contributed by atoms with Gasteiger partial charge in [0.25, 0.3) is 0 Å². The number of ether oxygens (including phenoxy) is 3. The second kappa shape index (κ2) is 26.4. The zero-order chi connectivity index (χ0) is 49.7. The number of alkyl carbamates (subject to hydrolysis) is 1. The predicted octanol–water partition coefficient (Wildman–Crippen LogP) is 4.35. The van der Waals surface area contributed by atoms with Crippen molar-refractivity contribution in [2.24, 2.45) is 5.92 Å². The van der Waals surface area contributed by atoms with E-state index in [-0.39, 0.29) is 44.6 Å². The van der Waals surface area contributed by atoms with Crippen molar-refractivity contribution in [1.82, 2.24) is 31.9 Å². The minimum absolute atomic E-state index is 0.00262. The van der Waals surface area contributed by atoms with Gasteiger partial charge in [-0.2, -0.15) is 0 Å². The van der Waals surface area contributed by atoms with Crippen LogP contribution in [0.1, 0.15) is 98.3 Å². The summed E-state index contributed by atoms with van der Waals surface area (Å²) in [5, 5.41) is 15.6. The highest BCUT2D eigenvalue weighted by Gasteiger charge is 2.34. The average molecular weight is 929 g/mol. The average Bonchev–Trinajstić information content (AvgIpc) is 3.25. The van der Waals surface area contributed by atoms with Crippen LogP contribution in [0.5, 0.6) is 0 Å². The zero-order valence-electron chi connectivity index (χ0n) is 40.1. The van der Waals surface area contributed by atoms with Gasteiger partial charge in [-0.1, -0.05) is 105 Å². The molecule has 3 aromatic carbocycles. The molecule has 0 saturated carbocycles. The van der Waals surface area contributed by atoms with Crippen LogP contribution in [0.2, 0.25) is 0 Å². The van der Waals surface area contributed by atoms with Crippen LogP contribution in [0, 0.1) is 5.92 Å². The van der Waals surface area contributed by atoms with Crippen molar-refractivity contribution in [3.63, 3.8) is 0 Å². The third-order valence-electron chi connectivity index (χ3n) is 9.62. The first kappa shape index (κ1) is 54.6. The van der Waals surface area contributed by atoms with Gasteiger partial charge in [0.2, 0.25) is 29.5 Å². The number of hydrogen-bond acceptors (Lipinski definition) is 11. The third-order valence-corrected chi connectivity index (χ3v) is 9.62. The minimum Gasteiger partial charge on any atom is -0.460 e. The minimum atomic E-state index is -1.41. The molecule has 0 aromatic heterocycles. The summed E-state index contributed by atoms with van der Waals surface area (Å²) >= 11 is 0. The Labute approximate surface area is 393 Å². The van der Waals surface area contributed by atoms with Crippen LogP contribution in [0.15, 0.2) is 91.0 Å². The molecule has 0 radical (unpaired) electrons. The van der Waals surface area contributed by atoms with Gasteiger partial charge >= 0.3 is 18.0 Å². The monoisotopic (exact) mass is 928 g/mol. The lowest BCUT2D eigenvalue weighted by molar-refractivity contribution is -0.159. The molecule has 0 aliphatic rings. The van der Waals surface area contributed by atoms with E-state index in [1.54, 1.807) is 126 Å². The molecule has 5 atom stereocenters. The Morgan fingerprint density at radius 3 is 1.49 bits per heavy atom. The molecule has 3 rings (SSSR count). The molecular weight excluding hydrogens is 861 g/mol. The van der Waals surface area contributed by atoms with Gasteiger partial charge in [-0.05, 0) is 83.9 Å². The van der Waals surface area contributed by atoms with E-state index in [0.717, 1.165) is 11.1 Å². The largest absolute Gasteiger partial charge is 0.460 e. The smallest absolute Gasteiger partial charge is 0.408 e. The van der Waals surface area contributed by atoms with Gasteiger partial charge in [-0.25, -0.2) is 9.59 Å². The van der Waals surface area contributed by atoms with E-state index < -0.39 is 95.5 Å². The lowest BCUT2D eigenvalue weighted by Crippen LogP contribution is -2.58. The van der Waals surface area contributed by atoms with Crippen LogP contribution in [0.3, 0.4) is 0 Å². The van der Waals surface area contributed by atoms with Crippen molar-refractivity contribution in [3.05, 3.63) is 108 Å². The predicted molar refractivity (Wildman–Crippen MR) is 251 cm³/mol. The number of carbonyl (C=O) groups excluding carboxylic acids is 8. The molecular formula is C50H68N6O11. The van der Waals surface area contributed by atoms with Gasteiger partial charge in [-0.3, -0.25) is 28.8 Å². The maximum Gasteiger partial charge on any atom is 0.408 e. The second-order valence-corrected chi connectivity index (χ2v) is 18.6. The van der Waals surface area contributed by atoms with Crippen LogP contribution < -0.4 is 31.9 Å². The fourth-order valence-corrected chi connectivity index (χ4v) is 6.50. The molecule has 0 spiro atoms. The van der Waals surface area contributed by atoms with Crippen molar-refractivity contribution in [2.75, 3.05) is 6.54 Å². The Bertz CT molecular complexity index is 2100. The van der Waals surface area contributed by atoms with Crippen molar-refractivity contribution in [3.8, 4) is 0 Å². The van der Waals surface area contributed by atoms with Crippen molar-refractivity contribution >= 4 is 47.6 Å². The Morgan fingerprint density at radius 2 is 0.985 bits per heavy atom. The summed E-state index contributed by atoms with van der Waals surface area (Å²) in [6.45, 7) is 14.7. The van der Waals surface area contributed by atoms with Crippen LogP contribution in [0.25, 0.3) is 0 Å². The van der Waals surface area contributed by atoms with E-state index in [0.29, 0.717) is 5.56 Å². The Hall–Kier alpha value is -6.78. The lowest BCUT2D eigenvalue weighted by Gasteiger charge is -2.28. The third kappa shape index (κ3) is 21.8. The van der Waals surface area contributed by atoms with Gasteiger partial charge in [-0.15, -0.1) is 0 Å². The number of rotatable bonds is 23. The first-order valence-electron chi connectivity index (χ1n) is 22.5. The summed E-state index contributed by atoms with van der Waals surface area (Å²) < 4.78 is 16.3. The zero-order valence-corrected chi connectivity index (χ0v) is 40.1. The van der Waals surface area contributed by atoms with E-state index in [1.165, 1.54) is 6.92 Å². The number of esters is 2. The number of hydrogen-bond donors (Lipinski definition) is 6. The molecule has 364 valence electrons. The Morgan fingerprint density at radius 1 is 0.522 bits per heavy atom. The topological polar surface area (TPSA) is 236 Å². The summed E-state index contributed by atoms with van der Waals surface area (Å²) in [5.41, 5.74) is 0.489. The van der Waals surface area contributed by atoms with Gasteiger partial charge in [0.05, 0.1) is 6.54 Å². The van der Waals surface area contributed by atoms with E-state index in [9.17, 15) is 38.4 Å². The van der Waals surface area contributed by atoms with Gasteiger partial charge in [0.1, 0.15) is 48.0 Å². The molecule has 6 N–H and O–H groups in total. The maximum absolute atomic E-state index is 14.2. The molecule has 3 aromatic rings. The standard InChI is InChI=1S/C50H68N6O11/c1-32(2)27-40(47(63)67-50(7,8)9)55-46(62)39(29-35-21-15-11-16-22-35)54-45(61)37(25-26-42(58)66-49(4,5)6)53-43(59)33(3)52-41(57)30-51-44(60)38(28-34-19-13-10-14-20-34)56-48(64)65-31-36-23-17-12-18-24-36/h10-24,32-33,37-40H,25-31H2,1-9H3,(H,51,60)(H,52,57)(H,53,59)(H,54,61)(H,55,62)(H,56,64)/t33-,37-,38-,39-,40-/m0/s1. The molecule has 0 heterocycles. The molecule has 0 fully saturated rings. The number of nitrogens with one attached hydrogen (secondary N) is 6. The number of carbonyl (C=O) groups is 8. The molecule has 0 bridgehead atoms. The maximum atomic E-state index is 14.2. The van der Waals surface area contributed by atoms with Crippen molar-refractivity contribution in [2.45, 2.75) is 142 Å². The fraction of sp³-hybridized carbons (Fsp3) is 0.480. The van der Waals surface area contributed by atoms with E-state index in [4.69, 9.17) is 14.2 Å². The van der Waals surface area contributed by atoms with E-state index in [1.807, 2.05) is 19.9 Å². The normalized spacial score (nSPS) is 13.6. The molecule has 0 aliphatic carbocycles. The fourth-order valence-electron chi connectivity index (χ4n) is 6.50. The Balaban J connectivity index is 1.75. The van der Waals surface area contributed by atoms with Gasteiger partial charge < -0.3 is 46.1 Å². The van der Waals surface area contributed by atoms with E-state index in [2.05, 4.69) is 31.9 Å². The van der Waals surface area contributed by atoms with Crippen molar-refractivity contribution < 1.29 is 52.6 Å². The molecule has 17 heteroatoms. The summed E-state index contributed by atoms with van der Waals surface area (Å²) in [5.74, 6) is -5.08. The molecule has 17 nitrogen and oxygen atoms in total. The van der Waals surface area contributed by atoms with Crippen LogP contribution in [-0.4, -0.2) is 95.5 Å². The second-order valence-electron chi connectivity index (χ2n) is 18.6. The highest BCUT2D eigenvalue weighted by atomic mass is 16.6. The van der Waals surface area contributed by atoms with Crippen molar-refractivity contribution in [1.29, 1.82) is 0 Å². The quantitative estimate of drug-likeness (QED) is 0.0578. The van der Waals surface area contributed by atoms with Gasteiger partial charge in [0, 0.05) is 19.3 Å². The molecule has 0 aliphatic heterocycles. The molecule has 0 unspecified atom stereocenters. The highest BCUT2D eigenvalue weighted by molar-refractivity contribution is 5.96. The summed E-state index contributed by atoms with van der Waals surface area (Å²) in [6, 6.07) is 20.7. The van der Waals surface area contributed by atoms with Crippen LogP contribution >= 0.6 is 0 Å². The SMILES string of the molecule is CC(C)C[C@H](NC(=O)[C@H](Cc1ccccc1)NC(=O)[C@H](CCC(=O)OC(C)(C)C)NC(=O)[C@H](C)NC(=O)CNC(=O)[C@H](Cc1ccccc1)NC(=O)OCc1ccccc1)C(=O)OC(C)(C)C. The molecule has 6 amide bonds. The number of amides is 6. The van der Waals surface area contributed by atoms with Crippen LogP contribution in [0.4, 0.5) is 4.79 Å². The highest BCUT2D eigenvalue weighted by Crippen LogP contribution is 2.15. The number of benzene rings is 3. The van der Waals surface area contributed by atoms with Gasteiger partial charge in [0.15, 0.2) is 0 Å². The lowest BCUT2D eigenvalue weighted by atomic mass is 10.0. The van der Waals surface area contributed by atoms with E-state index >= 15 is 0 Å². The van der Waals surface area contributed by atoms with Crippen LogP contribution in [-0.2, 0) is 67.2 Å². The Kier molecular flexibility index (Phi) is 21.5. The first-order chi connectivity index (χ1) is 31.5. The first-order valence-corrected chi connectivity index (χ1v) is 22.5.